The minimum Gasteiger partial charge on any atom is -0.493 e. The molecule has 7 heteroatoms. The van der Waals surface area contributed by atoms with E-state index in [1.807, 2.05) is 23.1 Å². The Balaban J connectivity index is 1.40. The van der Waals surface area contributed by atoms with Crippen molar-refractivity contribution in [2.45, 2.75) is 25.8 Å². The molecule has 1 aromatic carbocycles. The number of ether oxygens (including phenoxy) is 2. The topological polar surface area (TPSA) is 67.8 Å². The summed E-state index contributed by atoms with van der Waals surface area (Å²) in [6.45, 7) is 3.02. The summed E-state index contributed by atoms with van der Waals surface area (Å²) in [5.74, 6) is 2.54. The predicted octanol–water partition coefficient (Wildman–Crippen LogP) is 2.30. The third kappa shape index (κ3) is 3.61. The molecule has 0 N–H and O–H groups in total. The molecule has 0 radical (unpaired) electrons. The second-order valence-electron chi connectivity index (χ2n) is 7.30. The largest absolute Gasteiger partial charge is 0.493 e. The zero-order valence-electron chi connectivity index (χ0n) is 16.4. The van der Waals surface area contributed by atoms with E-state index in [9.17, 15) is 4.79 Å². The molecule has 0 unspecified atom stereocenters. The predicted molar refractivity (Wildman–Crippen MR) is 106 cm³/mol. The van der Waals surface area contributed by atoms with Gasteiger partial charge in [-0.2, -0.15) is 0 Å². The molecule has 1 amide bonds. The van der Waals surface area contributed by atoms with Gasteiger partial charge in [0.05, 0.1) is 14.2 Å². The molecule has 0 spiro atoms. The Bertz CT molecular complexity index is 835. The van der Waals surface area contributed by atoms with Gasteiger partial charge in [-0.3, -0.25) is 4.79 Å². The Labute approximate surface area is 165 Å². The zero-order valence-corrected chi connectivity index (χ0v) is 16.4. The summed E-state index contributed by atoms with van der Waals surface area (Å²) in [6.07, 6.45) is 6.04. The monoisotopic (exact) mass is 382 g/mol. The van der Waals surface area contributed by atoms with Crippen LogP contribution in [0.1, 0.15) is 24.0 Å². The van der Waals surface area contributed by atoms with Crippen LogP contribution in [0.25, 0.3) is 0 Å². The van der Waals surface area contributed by atoms with Crippen LogP contribution in [-0.2, 0) is 17.8 Å². The lowest BCUT2D eigenvalue weighted by molar-refractivity contribution is -0.137. The van der Waals surface area contributed by atoms with E-state index in [4.69, 9.17) is 9.47 Å². The summed E-state index contributed by atoms with van der Waals surface area (Å²) >= 11 is 0. The van der Waals surface area contributed by atoms with Crippen LogP contribution in [0.5, 0.6) is 11.5 Å². The molecule has 0 bridgehead atoms. The first-order valence-corrected chi connectivity index (χ1v) is 9.74. The highest BCUT2D eigenvalue weighted by Crippen LogP contribution is 2.34. The third-order valence-electron chi connectivity index (χ3n) is 5.71. The second kappa shape index (κ2) is 8.04. The van der Waals surface area contributed by atoms with Crippen molar-refractivity contribution in [3.8, 4) is 11.5 Å². The van der Waals surface area contributed by atoms with Gasteiger partial charge >= 0.3 is 0 Å². The minimum atomic E-state index is 0.0710. The lowest BCUT2D eigenvalue weighted by Crippen LogP contribution is -2.44. The highest BCUT2D eigenvalue weighted by molar-refractivity contribution is 5.79. The van der Waals surface area contributed by atoms with Crippen LogP contribution in [-0.4, -0.2) is 54.6 Å². The van der Waals surface area contributed by atoms with Gasteiger partial charge in [0, 0.05) is 44.5 Å². The van der Waals surface area contributed by atoms with Crippen molar-refractivity contribution >= 4 is 11.9 Å². The number of carbonyl (C=O) groups is 1. The van der Waals surface area contributed by atoms with E-state index >= 15 is 0 Å². The number of methoxy groups -OCH3 is 2. The highest BCUT2D eigenvalue weighted by Gasteiger charge is 2.31. The van der Waals surface area contributed by atoms with Crippen molar-refractivity contribution in [2.75, 3.05) is 38.8 Å². The van der Waals surface area contributed by atoms with Crippen molar-refractivity contribution in [2.24, 2.45) is 5.92 Å². The van der Waals surface area contributed by atoms with E-state index in [0.717, 1.165) is 56.2 Å². The first kappa shape index (κ1) is 18.5. The van der Waals surface area contributed by atoms with Crippen molar-refractivity contribution in [3.05, 3.63) is 41.7 Å². The molecule has 7 nitrogen and oxygen atoms in total. The van der Waals surface area contributed by atoms with Gasteiger partial charge in [0.15, 0.2) is 11.5 Å². The quantitative estimate of drug-likeness (QED) is 0.808. The first-order chi connectivity index (χ1) is 13.7. The molecule has 0 aliphatic carbocycles. The number of amides is 1. The maximum absolute atomic E-state index is 13.1. The number of carbonyl (C=O) groups excluding carboxylic acids is 1. The number of fused-ring (bicyclic) bond motifs is 1. The van der Waals surface area contributed by atoms with E-state index in [2.05, 4.69) is 14.9 Å². The van der Waals surface area contributed by atoms with Crippen LogP contribution in [0.15, 0.2) is 30.6 Å². The molecule has 1 saturated heterocycles. The summed E-state index contributed by atoms with van der Waals surface area (Å²) < 4.78 is 10.8. The third-order valence-corrected chi connectivity index (χ3v) is 5.71. The summed E-state index contributed by atoms with van der Waals surface area (Å²) in [7, 11) is 3.29. The van der Waals surface area contributed by atoms with Crippen LogP contribution >= 0.6 is 0 Å². The molecule has 2 aliphatic rings. The zero-order chi connectivity index (χ0) is 19.5. The number of benzene rings is 1. The van der Waals surface area contributed by atoms with Crippen LogP contribution in [0.2, 0.25) is 0 Å². The fourth-order valence-corrected chi connectivity index (χ4v) is 4.11. The number of nitrogens with zero attached hydrogens (tertiary/aromatic N) is 4. The Morgan fingerprint density at radius 1 is 1.00 bits per heavy atom. The van der Waals surface area contributed by atoms with Gasteiger partial charge in [-0.15, -0.1) is 0 Å². The molecule has 1 aromatic heterocycles. The Morgan fingerprint density at radius 2 is 1.64 bits per heavy atom. The normalized spacial score (nSPS) is 17.2. The summed E-state index contributed by atoms with van der Waals surface area (Å²) in [4.78, 5) is 25.9. The molecule has 1 fully saturated rings. The number of aromatic nitrogens is 2. The molecule has 0 atom stereocenters. The minimum absolute atomic E-state index is 0.0710. The molecule has 2 aromatic rings. The first-order valence-electron chi connectivity index (χ1n) is 9.74. The number of piperidine rings is 1. The molecule has 148 valence electrons. The lowest BCUT2D eigenvalue weighted by Gasteiger charge is -2.36. The maximum Gasteiger partial charge on any atom is 0.226 e. The smallest absolute Gasteiger partial charge is 0.226 e. The lowest BCUT2D eigenvalue weighted by atomic mass is 9.93. The number of anilines is 1. The average molecular weight is 382 g/mol. The van der Waals surface area contributed by atoms with Crippen molar-refractivity contribution < 1.29 is 14.3 Å². The second-order valence-corrected chi connectivity index (χ2v) is 7.30. The molecule has 2 aliphatic heterocycles. The van der Waals surface area contributed by atoms with Crippen LogP contribution in [0.3, 0.4) is 0 Å². The molecular formula is C21H26N4O3. The Kier molecular flexibility index (Phi) is 5.32. The summed E-state index contributed by atoms with van der Waals surface area (Å²) in [5, 5.41) is 0. The Morgan fingerprint density at radius 3 is 2.29 bits per heavy atom. The van der Waals surface area contributed by atoms with Gasteiger partial charge in [-0.05, 0) is 48.6 Å². The fourth-order valence-electron chi connectivity index (χ4n) is 4.11. The van der Waals surface area contributed by atoms with Gasteiger partial charge in [0.2, 0.25) is 11.9 Å². The Hall–Kier alpha value is -2.83. The average Bonchev–Trinajstić information content (AvgIpc) is 2.78. The molecule has 28 heavy (non-hydrogen) atoms. The van der Waals surface area contributed by atoms with Crippen LogP contribution in [0, 0.1) is 5.92 Å². The van der Waals surface area contributed by atoms with Crippen LogP contribution < -0.4 is 14.4 Å². The SMILES string of the molecule is COc1cc2c(cc1OC)CN(C(=O)C1CCN(c3ncccn3)CC1)CC2. The van der Waals surface area contributed by atoms with Gasteiger partial charge in [-0.25, -0.2) is 9.97 Å². The fraction of sp³-hybridized carbons (Fsp3) is 0.476. The van der Waals surface area contributed by atoms with Crippen molar-refractivity contribution in [3.63, 3.8) is 0 Å². The van der Waals surface area contributed by atoms with Gasteiger partial charge in [0.1, 0.15) is 0 Å². The van der Waals surface area contributed by atoms with Crippen LogP contribution in [0.4, 0.5) is 5.95 Å². The highest BCUT2D eigenvalue weighted by atomic mass is 16.5. The standard InChI is InChI=1S/C21H26N4O3/c1-27-18-12-16-6-11-25(14-17(16)13-19(18)28-2)20(26)15-4-9-24(10-5-15)21-22-7-3-8-23-21/h3,7-8,12-13,15H,4-6,9-11,14H2,1-2H3. The van der Waals surface area contributed by atoms with Gasteiger partial charge < -0.3 is 19.3 Å². The van der Waals surface area contributed by atoms with E-state index in [1.54, 1.807) is 26.6 Å². The molecule has 4 rings (SSSR count). The number of hydrogen-bond donors (Lipinski definition) is 0. The van der Waals surface area contributed by atoms with E-state index in [-0.39, 0.29) is 11.8 Å². The maximum atomic E-state index is 13.1. The number of rotatable bonds is 4. The molecule has 3 heterocycles. The van der Waals surface area contributed by atoms with E-state index in [1.165, 1.54) is 5.56 Å². The molecular weight excluding hydrogens is 356 g/mol. The molecule has 0 saturated carbocycles. The van der Waals surface area contributed by atoms with E-state index in [0.29, 0.717) is 12.3 Å². The number of hydrogen-bond acceptors (Lipinski definition) is 6. The van der Waals surface area contributed by atoms with Gasteiger partial charge in [0.25, 0.3) is 0 Å². The summed E-state index contributed by atoms with van der Waals surface area (Å²) in [6, 6.07) is 5.86. The van der Waals surface area contributed by atoms with Crippen molar-refractivity contribution in [1.82, 2.24) is 14.9 Å². The van der Waals surface area contributed by atoms with E-state index < -0.39 is 0 Å². The van der Waals surface area contributed by atoms with Crippen molar-refractivity contribution in [1.29, 1.82) is 0 Å². The summed E-state index contributed by atoms with van der Waals surface area (Å²) in [5.41, 5.74) is 2.38. The van der Waals surface area contributed by atoms with Gasteiger partial charge in [-0.1, -0.05) is 0 Å².